The molecule has 0 fully saturated rings. The van der Waals surface area contributed by atoms with E-state index in [1.165, 1.54) is 0 Å². The third-order valence-corrected chi connectivity index (χ3v) is 8.13. The smallest absolute Gasteiger partial charge is 0.162 e. The molecule has 1 aliphatic carbocycles. The van der Waals surface area contributed by atoms with E-state index in [1.54, 1.807) is 31.4 Å². The maximum Gasteiger partial charge on any atom is 0.162 e. The highest BCUT2D eigenvalue weighted by Crippen LogP contribution is 2.51. The molecule has 0 bridgehead atoms. The van der Waals surface area contributed by atoms with Crippen LogP contribution in [0.2, 0.25) is 0 Å². The number of carbonyl (C=O) groups is 1. The van der Waals surface area contributed by atoms with Crippen molar-refractivity contribution in [1.82, 2.24) is 0 Å². The number of aliphatic hydroxyl groups is 1. The number of ether oxygens (including phenoxy) is 1. The summed E-state index contributed by atoms with van der Waals surface area (Å²) in [6, 6.07) is 22.6. The van der Waals surface area contributed by atoms with Crippen LogP contribution in [-0.4, -0.2) is 23.8 Å². The van der Waals surface area contributed by atoms with Crippen molar-refractivity contribution in [2.24, 2.45) is 5.41 Å². The highest BCUT2D eigenvalue weighted by Gasteiger charge is 2.46. The fourth-order valence-corrected chi connectivity index (χ4v) is 6.06. The number of nitrogens with one attached hydrogen (secondary N) is 1. The Kier molecular flexibility index (Phi) is 7.09. The zero-order chi connectivity index (χ0) is 27.2. The number of rotatable bonds is 4. The van der Waals surface area contributed by atoms with Crippen LogP contribution in [0.25, 0.3) is 5.76 Å². The van der Waals surface area contributed by atoms with Gasteiger partial charge in [0, 0.05) is 49.4 Å². The first-order valence-corrected chi connectivity index (χ1v) is 13.9. The molecule has 38 heavy (non-hydrogen) atoms. The molecule has 3 aromatic carbocycles. The lowest BCUT2D eigenvalue weighted by atomic mass is 9.67. The van der Waals surface area contributed by atoms with E-state index < -0.39 is 5.92 Å². The first-order chi connectivity index (χ1) is 18.1. The van der Waals surface area contributed by atoms with E-state index in [0.29, 0.717) is 35.3 Å². The Balaban J connectivity index is 1.83. The summed E-state index contributed by atoms with van der Waals surface area (Å²) in [5, 5.41) is 21.3. The summed E-state index contributed by atoms with van der Waals surface area (Å²) in [6.45, 7) is 4.18. The summed E-state index contributed by atoms with van der Waals surface area (Å²) < 4.78 is 7.08. The third kappa shape index (κ3) is 4.85. The summed E-state index contributed by atoms with van der Waals surface area (Å²) >= 11 is 7.07. The van der Waals surface area contributed by atoms with Crippen LogP contribution in [0.1, 0.15) is 43.7 Å². The maximum absolute atomic E-state index is 13.9. The third-order valence-electron chi connectivity index (χ3n) is 7.11. The number of benzene rings is 3. The van der Waals surface area contributed by atoms with E-state index in [9.17, 15) is 15.3 Å². The van der Waals surface area contributed by atoms with Crippen molar-refractivity contribution in [3.63, 3.8) is 0 Å². The van der Waals surface area contributed by atoms with Crippen LogP contribution in [-0.2, 0) is 4.79 Å². The predicted molar refractivity (Wildman–Crippen MR) is 159 cm³/mol. The molecule has 0 amide bonds. The lowest BCUT2D eigenvalue weighted by Crippen LogP contribution is -2.45. The van der Waals surface area contributed by atoms with Crippen LogP contribution in [0.15, 0.2) is 98.6 Å². The van der Waals surface area contributed by atoms with E-state index in [1.807, 2.05) is 53.4 Å². The Labute approximate surface area is 239 Å². The van der Waals surface area contributed by atoms with Crippen LogP contribution >= 0.6 is 31.9 Å². The Morgan fingerprint density at radius 2 is 1.68 bits per heavy atom. The largest absolute Gasteiger partial charge is 0.507 e. The van der Waals surface area contributed by atoms with Gasteiger partial charge in [0.15, 0.2) is 5.78 Å². The van der Waals surface area contributed by atoms with Gasteiger partial charge in [0.1, 0.15) is 17.3 Å². The molecule has 1 unspecified atom stereocenters. The van der Waals surface area contributed by atoms with Crippen molar-refractivity contribution >= 4 is 54.9 Å². The van der Waals surface area contributed by atoms with Crippen molar-refractivity contribution in [3.8, 4) is 5.75 Å². The molecule has 1 atom stereocenters. The molecule has 0 spiro atoms. The summed E-state index contributed by atoms with van der Waals surface area (Å²) in [5.41, 5.74) is 3.74. The number of halogens is 2. The van der Waals surface area contributed by atoms with E-state index >= 15 is 0 Å². The lowest BCUT2D eigenvalue weighted by molar-refractivity contribution is -0.118. The van der Waals surface area contributed by atoms with Crippen LogP contribution in [0, 0.1) is 10.8 Å². The van der Waals surface area contributed by atoms with Crippen LogP contribution < -0.4 is 9.64 Å². The van der Waals surface area contributed by atoms with Gasteiger partial charge in [-0.25, -0.2) is 0 Å². The van der Waals surface area contributed by atoms with Gasteiger partial charge in [-0.15, -0.1) is 0 Å². The van der Waals surface area contributed by atoms with Gasteiger partial charge >= 0.3 is 0 Å². The molecule has 7 heteroatoms. The van der Waals surface area contributed by atoms with Crippen LogP contribution in [0.5, 0.6) is 5.75 Å². The summed E-state index contributed by atoms with van der Waals surface area (Å²) in [4.78, 5) is 15.8. The number of anilines is 1. The van der Waals surface area contributed by atoms with Crippen molar-refractivity contribution in [3.05, 3.63) is 110 Å². The minimum absolute atomic E-state index is 0.0326. The number of nitrogens with zero attached hydrogens (tertiary/aromatic N) is 1. The SMILES string of the molecule is COc1ccc(/C(O)=C2\C(=N)N(c3cccc(Br)c3)C3=C(C(=O)CC(C)(C)C3)C2c2ccc(Br)cc2)cc1. The quantitative estimate of drug-likeness (QED) is 0.282. The molecule has 3 aromatic rings. The zero-order valence-electron chi connectivity index (χ0n) is 21.4. The second kappa shape index (κ2) is 10.2. The number of aliphatic hydroxyl groups excluding tert-OH is 1. The fraction of sp³-hybridized carbons (Fsp3) is 0.226. The number of hydrogen-bond donors (Lipinski definition) is 2. The minimum atomic E-state index is -0.584. The first kappa shape index (κ1) is 26.4. The topological polar surface area (TPSA) is 73.6 Å². The number of hydrogen-bond acceptors (Lipinski definition) is 4. The van der Waals surface area contributed by atoms with Gasteiger partial charge in [-0.1, -0.05) is 63.9 Å². The minimum Gasteiger partial charge on any atom is -0.507 e. The Morgan fingerprint density at radius 1 is 1.00 bits per heavy atom. The Bertz CT molecular complexity index is 1490. The standard InChI is InChI=1S/C31H28Br2N2O3/c1-31(2)16-24-27(25(36)17-31)26(18-7-11-20(32)12-8-18)28(29(37)19-9-13-23(38-3)14-10-19)30(34)35(24)22-6-4-5-21(33)15-22/h4-15,26,34,37H,16-17H2,1-3H3/b29-28+,34-30?. The highest BCUT2D eigenvalue weighted by atomic mass is 79.9. The van der Waals surface area contributed by atoms with Gasteiger partial charge in [-0.2, -0.15) is 0 Å². The number of Topliss-reactive ketones (excluding diaryl/α,β-unsaturated/α-hetero) is 1. The predicted octanol–water partition coefficient (Wildman–Crippen LogP) is 8.41. The van der Waals surface area contributed by atoms with E-state index in [0.717, 1.165) is 25.9 Å². The summed E-state index contributed by atoms with van der Waals surface area (Å²) in [5.74, 6) is 0.236. The molecule has 0 saturated carbocycles. The number of ketones is 1. The highest BCUT2D eigenvalue weighted by molar-refractivity contribution is 9.10. The Morgan fingerprint density at radius 3 is 2.32 bits per heavy atom. The van der Waals surface area contributed by atoms with Crippen molar-refractivity contribution < 1.29 is 14.6 Å². The molecule has 1 aliphatic heterocycles. The maximum atomic E-state index is 13.9. The fourth-order valence-electron chi connectivity index (χ4n) is 5.41. The zero-order valence-corrected chi connectivity index (χ0v) is 24.6. The van der Waals surface area contributed by atoms with Gasteiger partial charge in [-0.05, 0) is 72.0 Å². The molecular formula is C31H28Br2N2O3. The molecule has 5 nitrogen and oxygen atoms in total. The van der Waals surface area contributed by atoms with Gasteiger partial charge in [0.25, 0.3) is 0 Å². The molecule has 0 saturated heterocycles. The van der Waals surface area contributed by atoms with Crippen molar-refractivity contribution in [1.29, 1.82) is 5.41 Å². The molecule has 0 radical (unpaired) electrons. The number of amidine groups is 1. The molecular weight excluding hydrogens is 608 g/mol. The number of carbonyl (C=O) groups excluding carboxylic acids is 1. The van der Waals surface area contributed by atoms with Gasteiger partial charge in [0.2, 0.25) is 0 Å². The van der Waals surface area contributed by atoms with Gasteiger partial charge < -0.3 is 9.84 Å². The number of methoxy groups -OCH3 is 1. The molecule has 5 rings (SSSR count). The van der Waals surface area contributed by atoms with Gasteiger partial charge in [0.05, 0.1) is 7.11 Å². The summed E-state index contributed by atoms with van der Waals surface area (Å²) in [7, 11) is 1.59. The molecule has 1 heterocycles. The van der Waals surface area contributed by atoms with Crippen LogP contribution in [0.3, 0.4) is 0 Å². The van der Waals surface area contributed by atoms with E-state index in [4.69, 9.17) is 4.74 Å². The second-order valence-electron chi connectivity index (χ2n) is 10.4. The average molecular weight is 636 g/mol. The Hall–Kier alpha value is -3.16. The van der Waals surface area contributed by atoms with Crippen molar-refractivity contribution in [2.75, 3.05) is 12.0 Å². The number of allylic oxidation sites excluding steroid dienone is 2. The van der Waals surface area contributed by atoms with E-state index in [2.05, 4.69) is 45.7 Å². The first-order valence-electron chi connectivity index (χ1n) is 12.3. The molecule has 2 aliphatic rings. The van der Waals surface area contributed by atoms with E-state index in [-0.39, 0.29) is 22.8 Å². The molecule has 194 valence electrons. The normalized spacial score (nSPS) is 20.3. The van der Waals surface area contributed by atoms with Crippen LogP contribution in [0.4, 0.5) is 5.69 Å². The average Bonchev–Trinajstić information content (AvgIpc) is 2.87. The molecule has 2 N–H and O–H groups in total. The lowest BCUT2D eigenvalue weighted by Gasteiger charge is -2.45. The van der Waals surface area contributed by atoms with Gasteiger partial charge in [-0.3, -0.25) is 15.1 Å². The second-order valence-corrected chi connectivity index (χ2v) is 12.3. The monoisotopic (exact) mass is 634 g/mol. The molecule has 0 aromatic heterocycles. The summed E-state index contributed by atoms with van der Waals surface area (Å²) in [6.07, 6.45) is 1.03. The van der Waals surface area contributed by atoms with Crippen molar-refractivity contribution in [2.45, 2.75) is 32.6 Å².